The maximum atomic E-state index is 13.1. The van der Waals surface area contributed by atoms with E-state index >= 15 is 0 Å². The van der Waals surface area contributed by atoms with E-state index in [4.69, 9.17) is 4.74 Å². The summed E-state index contributed by atoms with van der Waals surface area (Å²) in [5.41, 5.74) is 1.20. The molecule has 8 heteroatoms. The SMILES string of the molecule is CCCCN(C(=O)c1csc(-c2ccccc2OC)n1)C1CCS(=O)(=O)C1. The van der Waals surface area contributed by atoms with Gasteiger partial charge < -0.3 is 9.64 Å². The second kappa shape index (κ2) is 8.39. The highest BCUT2D eigenvalue weighted by Gasteiger charge is 2.35. The van der Waals surface area contributed by atoms with E-state index < -0.39 is 9.84 Å². The summed E-state index contributed by atoms with van der Waals surface area (Å²) >= 11 is 1.39. The quantitative estimate of drug-likeness (QED) is 0.703. The van der Waals surface area contributed by atoms with Gasteiger partial charge in [-0.05, 0) is 25.0 Å². The second-order valence-electron chi connectivity index (χ2n) is 6.65. The number of aromatic nitrogens is 1. The fourth-order valence-electron chi connectivity index (χ4n) is 3.26. The first-order valence-electron chi connectivity index (χ1n) is 9.05. The summed E-state index contributed by atoms with van der Waals surface area (Å²) in [6.45, 7) is 2.60. The maximum absolute atomic E-state index is 13.1. The van der Waals surface area contributed by atoms with Crippen LogP contribution < -0.4 is 4.74 Å². The number of thiazole rings is 1. The Balaban J connectivity index is 1.85. The molecule has 0 spiro atoms. The number of methoxy groups -OCH3 is 1. The van der Waals surface area contributed by atoms with Gasteiger partial charge in [0, 0.05) is 18.0 Å². The van der Waals surface area contributed by atoms with Gasteiger partial charge in [-0.15, -0.1) is 11.3 Å². The number of carbonyl (C=O) groups is 1. The van der Waals surface area contributed by atoms with Crippen LogP contribution in [0.25, 0.3) is 10.6 Å². The lowest BCUT2D eigenvalue weighted by Crippen LogP contribution is -2.42. The first kappa shape index (κ1) is 19.8. The van der Waals surface area contributed by atoms with Gasteiger partial charge >= 0.3 is 0 Å². The molecule has 0 N–H and O–H groups in total. The van der Waals surface area contributed by atoms with Crippen molar-refractivity contribution in [2.45, 2.75) is 32.2 Å². The summed E-state index contributed by atoms with van der Waals surface area (Å²) in [6.07, 6.45) is 2.28. The van der Waals surface area contributed by atoms with Crippen molar-refractivity contribution in [1.82, 2.24) is 9.88 Å². The van der Waals surface area contributed by atoms with Gasteiger partial charge in [0.05, 0.1) is 24.2 Å². The Labute approximate surface area is 164 Å². The van der Waals surface area contributed by atoms with Crippen LogP contribution in [0.1, 0.15) is 36.7 Å². The molecule has 1 unspecified atom stereocenters. The highest BCUT2D eigenvalue weighted by Crippen LogP contribution is 2.32. The number of para-hydroxylation sites is 1. The standard InChI is InChI=1S/C19H24N2O4S2/c1-3-4-10-21(14-9-11-27(23,24)13-14)19(22)16-12-26-18(20-16)15-7-5-6-8-17(15)25-2/h5-8,12,14H,3-4,9-11,13H2,1-2H3. The highest BCUT2D eigenvalue weighted by atomic mass is 32.2. The summed E-state index contributed by atoms with van der Waals surface area (Å²) in [5.74, 6) is 0.710. The van der Waals surface area contributed by atoms with E-state index in [1.807, 2.05) is 24.3 Å². The van der Waals surface area contributed by atoms with Crippen molar-refractivity contribution in [2.24, 2.45) is 0 Å². The number of hydrogen-bond donors (Lipinski definition) is 0. The number of amides is 1. The van der Waals surface area contributed by atoms with Crippen molar-refractivity contribution in [3.8, 4) is 16.3 Å². The van der Waals surface area contributed by atoms with E-state index in [9.17, 15) is 13.2 Å². The molecule has 0 aliphatic carbocycles. The third-order valence-electron chi connectivity index (χ3n) is 4.72. The van der Waals surface area contributed by atoms with E-state index in [-0.39, 0.29) is 23.5 Å². The zero-order valence-corrected chi connectivity index (χ0v) is 17.2. The molecular weight excluding hydrogens is 384 g/mol. The first-order chi connectivity index (χ1) is 12.9. The number of unbranched alkanes of at least 4 members (excludes halogenated alkanes) is 1. The summed E-state index contributed by atoms with van der Waals surface area (Å²) < 4.78 is 29.1. The molecule has 1 aliphatic heterocycles. The lowest BCUT2D eigenvalue weighted by atomic mass is 10.2. The summed E-state index contributed by atoms with van der Waals surface area (Å²) in [7, 11) is -1.45. The summed E-state index contributed by atoms with van der Waals surface area (Å²) in [6, 6.07) is 7.29. The van der Waals surface area contributed by atoms with Gasteiger partial charge in [-0.25, -0.2) is 13.4 Å². The molecule has 27 heavy (non-hydrogen) atoms. The molecule has 146 valence electrons. The molecule has 1 saturated heterocycles. The van der Waals surface area contributed by atoms with Crippen LogP contribution in [0.5, 0.6) is 5.75 Å². The molecule has 3 rings (SSSR count). The number of sulfone groups is 1. The molecule has 1 amide bonds. The summed E-state index contributed by atoms with van der Waals surface area (Å²) in [4.78, 5) is 19.3. The van der Waals surface area contributed by atoms with Crippen molar-refractivity contribution >= 4 is 27.1 Å². The van der Waals surface area contributed by atoms with Crippen LogP contribution in [0.15, 0.2) is 29.6 Å². The van der Waals surface area contributed by atoms with Crippen molar-refractivity contribution < 1.29 is 17.9 Å². The maximum Gasteiger partial charge on any atom is 0.273 e. The van der Waals surface area contributed by atoms with Gasteiger partial charge in [0.15, 0.2) is 9.84 Å². The van der Waals surface area contributed by atoms with Crippen LogP contribution in [0.4, 0.5) is 0 Å². The molecular formula is C19H24N2O4S2. The van der Waals surface area contributed by atoms with E-state index in [0.29, 0.717) is 29.4 Å². The van der Waals surface area contributed by atoms with Crippen molar-refractivity contribution in [3.63, 3.8) is 0 Å². The van der Waals surface area contributed by atoms with Crippen LogP contribution in [0.2, 0.25) is 0 Å². The molecule has 1 aromatic carbocycles. The van der Waals surface area contributed by atoms with Gasteiger partial charge in [0.2, 0.25) is 0 Å². The van der Waals surface area contributed by atoms with E-state index in [1.54, 1.807) is 17.4 Å². The third kappa shape index (κ3) is 4.50. The predicted octanol–water partition coefficient (Wildman–Crippen LogP) is 3.25. The monoisotopic (exact) mass is 408 g/mol. The van der Waals surface area contributed by atoms with Gasteiger partial charge in [-0.3, -0.25) is 4.79 Å². The largest absolute Gasteiger partial charge is 0.496 e. The number of nitrogens with zero attached hydrogens (tertiary/aromatic N) is 2. The normalized spacial score (nSPS) is 18.4. The molecule has 1 aliphatic rings. The Bertz CT molecular complexity index is 908. The molecule has 0 radical (unpaired) electrons. The van der Waals surface area contributed by atoms with Crippen LogP contribution in [0.3, 0.4) is 0 Å². The lowest BCUT2D eigenvalue weighted by molar-refractivity contribution is 0.0689. The first-order valence-corrected chi connectivity index (χ1v) is 11.8. The Morgan fingerprint density at radius 2 is 2.15 bits per heavy atom. The number of rotatable bonds is 7. The number of hydrogen-bond acceptors (Lipinski definition) is 6. The molecule has 6 nitrogen and oxygen atoms in total. The highest BCUT2D eigenvalue weighted by molar-refractivity contribution is 7.91. The molecule has 2 heterocycles. The Morgan fingerprint density at radius 3 is 2.81 bits per heavy atom. The molecule has 0 saturated carbocycles. The zero-order chi connectivity index (χ0) is 19.4. The van der Waals surface area contributed by atoms with Gasteiger partial charge in [-0.1, -0.05) is 25.5 Å². The lowest BCUT2D eigenvalue weighted by Gasteiger charge is -2.27. The third-order valence-corrected chi connectivity index (χ3v) is 7.35. The number of benzene rings is 1. The predicted molar refractivity (Wildman–Crippen MR) is 107 cm³/mol. The fraction of sp³-hybridized carbons (Fsp3) is 0.474. The van der Waals surface area contributed by atoms with E-state index in [0.717, 1.165) is 18.4 Å². The van der Waals surface area contributed by atoms with Gasteiger partial charge in [0.1, 0.15) is 16.5 Å². The van der Waals surface area contributed by atoms with Crippen LogP contribution >= 0.6 is 11.3 Å². The molecule has 1 aromatic heterocycles. The molecule has 1 fully saturated rings. The average Bonchev–Trinajstić information content (AvgIpc) is 3.28. The Kier molecular flexibility index (Phi) is 6.16. The van der Waals surface area contributed by atoms with Crippen molar-refractivity contribution in [1.29, 1.82) is 0 Å². The Morgan fingerprint density at radius 1 is 1.37 bits per heavy atom. The minimum atomic E-state index is -3.06. The van der Waals surface area contributed by atoms with Crippen LogP contribution in [-0.2, 0) is 9.84 Å². The van der Waals surface area contributed by atoms with Gasteiger partial charge in [-0.2, -0.15) is 0 Å². The smallest absolute Gasteiger partial charge is 0.273 e. The number of carbonyl (C=O) groups excluding carboxylic acids is 1. The second-order valence-corrected chi connectivity index (χ2v) is 9.73. The molecule has 2 aromatic rings. The van der Waals surface area contributed by atoms with Gasteiger partial charge in [0.25, 0.3) is 5.91 Å². The number of ether oxygens (including phenoxy) is 1. The zero-order valence-electron chi connectivity index (χ0n) is 15.6. The van der Waals surface area contributed by atoms with E-state index in [1.165, 1.54) is 11.3 Å². The molecule has 1 atom stereocenters. The summed E-state index contributed by atoms with van der Waals surface area (Å²) in [5, 5.41) is 2.46. The Hall–Kier alpha value is -1.93. The minimum absolute atomic E-state index is 0.0476. The topological polar surface area (TPSA) is 76.6 Å². The van der Waals surface area contributed by atoms with Crippen LogP contribution in [0, 0.1) is 0 Å². The molecule has 0 bridgehead atoms. The van der Waals surface area contributed by atoms with Crippen molar-refractivity contribution in [3.05, 3.63) is 35.3 Å². The van der Waals surface area contributed by atoms with Crippen LogP contribution in [-0.4, -0.2) is 55.4 Å². The average molecular weight is 409 g/mol. The van der Waals surface area contributed by atoms with Crippen molar-refractivity contribution in [2.75, 3.05) is 25.2 Å². The minimum Gasteiger partial charge on any atom is -0.496 e. The fourth-order valence-corrected chi connectivity index (χ4v) is 5.82. The van der Waals surface area contributed by atoms with E-state index in [2.05, 4.69) is 11.9 Å².